The molecular formula is C24H41NO2. The van der Waals surface area contributed by atoms with Gasteiger partial charge in [-0.25, -0.2) is 0 Å². The highest BCUT2D eigenvalue weighted by Gasteiger charge is 2.24. The van der Waals surface area contributed by atoms with Crippen LogP contribution in [0.1, 0.15) is 58.9 Å². The van der Waals surface area contributed by atoms with Crippen LogP contribution in [0.4, 0.5) is 0 Å². The number of hydrogen-bond acceptors (Lipinski definition) is 3. The molecule has 154 valence electrons. The minimum Gasteiger partial charge on any atom is -0.396 e. The van der Waals surface area contributed by atoms with E-state index >= 15 is 0 Å². The molecule has 1 N–H and O–H groups in total. The molecule has 0 bridgehead atoms. The fraction of sp³-hybridized carbons (Fsp3) is 0.583. The van der Waals surface area contributed by atoms with Crippen LogP contribution in [0.5, 0.6) is 0 Å². The van der Waals surface area contributed by atoms with Gasteiger partial charge in [0.1, 0.15) is 0 Å². The summed E-state index contributed by atoms with van der Waals surface area (Å²) in [6.45, 7) is 15.1. The summed E-state index contributed by atoms with van der Waals surface area (Å²) in [6, 6.07) is 10.6. The van der Waals surface area contributed by atoms with Crippen LogP contribution in [0.15, 0.2) is 55.1 Å². The van der Waals surface area contributed by atoms with E-state index in [1.165, 1.54) is 5.56 Å². The Morgan fingerprint density at radius 3 is 2.44 bits per heavy atom. The van der Waals surface area contributed by atoms with E-state index in [1.807, 2.05) is 19.9 Å². The fourth-order valence-corrected chi connectivity index (χ4v) is 2.99. The second-order valence-electron chi connectivity index (χ2n) is 6.54. The summed E-state index contributed by atoms with van der Waals surface area (Å²) in [5.41, 5.74) is 1.37. The van der Waals surface area contributed by atoms with Crippen molar-refractivity contribution in [3.63, 3.8) is 0 Å². The topological polar surface area (TPSA) is 32.7 Å². The van der Waals surface area contributed by atoms with Crippen molar-refractivity contribution in [1.29, 1.82) is 0 Å². The number of hydrogen-bond donors (Lipinski definition) is 1. The number of nitrogens with zero attached hydrogens (tertiary/aromatic N) is 1. The Labute approximate surface area is 167 Å². The Hall–Kier alpha value is -1.42. The maximum Gasteiger partial charge on any atom is 0.0706 e. The van der Waals surface area contributed by atoms with E-state index in [0.717, 1.165) is 45.3 Å². The van der Waals surface area contributed by atoms with Gasteiger partial charge >= 0.3 is 0 Å². The number of aliphatic hydroxyl groups excluding tert-OH is 1. The Kier molecular flexibility index (Phi) is 17.0. The molecule has 0 radical (unpaired) electrons. The van der Waals surface area contributed by atoms with Gasteiger partial charge < -0.3 is 9.84 Å². The van der Waals surface area contributed by atoms with Gasteiger partial charge in [0.15, 0.2) is 0 Å². The van der Waals surface area contributed by atoms with Gasteiger partial charge in [0.25, 0.3) is 0 Å². The number of aliphatic hydroxyl groups is 1. The Balaban J connectivity index is 0.000000722. The molecule has 1 heterocycles. The third-order valence-electron chi connectivity index (χ3n) is 4.09. The van der Waals surface area contributed by atoms with E-state index in [-0.39, 0.29) is 6.61 Å². The quantitative estimate of drug-likeness (QED) is 0.474. The molecule has 0 aliphatic carbocycles. The second kappa shape index (κ2) is 18.0. The molecule has 0 saturated carbocycles. The average molecular weight is 376 g/mol. The van der Waals surface area contributed by atoms with Gasteiger partial charge in [0, 0.05) is 26.2 Å². The van der Waals surface area contributed by atoms with Crippen molar-refractivity contribution in [2.45, 2.75) is 72.1 Å². The van der Waals surface area contributed by atoms with Crippen LogP contribution >= 0.6 is 0 Å². The number of ether oxygens (including phenoxy) is 1. The summed E-state index contributed by atoms with van der Waals surface area (Å²) in [4.78, 5) is 2.48. The first kappa shape index (κ1) is 25.6. The zero-order chi connectivity index (χ0) is 20.3. The Bertz CT molecular complexity index is 473. The van der Waals surface area contributed by atoms with Gasteiger partial charge in [0.05, 0.1) is 12.2 Å². The van der Waals surface area contributed by atoms with Gasteiger partial charge in [0.2, 0.25) is 0 Å². The molecule has 2 atom stereocenters. The smallest absolute Gasteiger partial charge is 0.0706 e. The van der Waals surface area contributed by atoms with Gasteiger partial charge in [-0.05, 0) is 38.2 Å². The van der Waals surface area contributed by atoms with Crippen molar-refractivity contribution in [2.24, 2.45) is 0 Å². The van der Waals surface area contributed by atoms with Gasteiger partial charge in [-0.1, -0.05) is 75.9 Å². The van der Waals surface area contributed by atoms with Crippen molar-refractivity contribution in [2.75, 3.05) is 19.7 Å². The monoisotopic (exact) mass is 375 g/mol. The van der Waals surface area contributed by atoms with Gasteiger partial charge in [-0.2, -0.15) is 0 Å². The van der Waals surface area contributed by atoms with E-state index < -0.39 is 0 Å². The molecule has 3 heteroatoms. The molecule has 1 fully saturated rings. The predicted octanol–water partition coefficient (Wildman–Crippen LogP) is 5.60. The second-order valence-corrected chi connectivity index (χ2v) is 6.54. The minimum atomic E-state index is 0.288. The molecule has 0 amide bonds. The van der Waals surface area contributed by atoms with Crippen molar-refractivity contribution < 1.29 is 9.84 Å². The van der Waals surface area contributed by atoms with E-state index in [4.69, 9.17) is 9.84 Å². The molecule has 1 aromatic carbocycles. The lowest BCUT2D eigenvalue weighted by atomic mass is 10.1. The van der Waals surface area contributed by atoms with Gasteiger partial charge in [-0.3, -0.25) is 4.90 Å². The number of morpholine rings is 1. The first-order valence-corrected chi connectivity index (χ1v) is 10.5. The maximum atomic E-state index is 8.84. The van der Waals surface area contributed by atoms with Crippen molar-refractivity contribution in [3.05, 3.63) is 60.7 Å². The van der Waals surface area contributed by atoms with E-state index in [0.29, 0.717) is 12.2 Å². The standard InChI is InChI=1S/C16H25NO2.C6H10.C2H6/c1-14-11-17(12-15-7-3-2-4-8-15)13-16(19-14)9-5-6-10-18;1-3-5-6-4-2;1-2/h2-4,7-8,14,16,18H,5-6,9-13H2,1H3;3,5-6H,1,4H2,2H3;1-2H3/b;6-5-;. The van der Waals surface area contributed by atoms with Crippen LogP contribution in [-0.2, 0) is 11.3 Å². The van der Waals surface area contributed by atoms with Crippen molar-refractivity contribution in [1.82, 2.24) is 4.90 Å². The van der Waals surface area contributed by atoms with Crippen LogP contribution in [0.2, 0.25) is 0 Å². The number of allylic oxidation sites excluding steroid dienone is 3. The fourth-order valence-electron chi connectivity index (χ4n) is 2.99. The highest BCUT2D eigenvalue weighted by Crippen LogP contribution is 2.18. The lowest BCUT2D eigenvalue weighted by Crippen LogP contribution is -2.46. The summed E-state index contributed by atoms with van der Waals surface area (Å²) >= 11 is 0. The summed E-state index contributed by atoms with van der Waals surface area (Å²) in [5.74, 6) is 0. The SMILES string of the molecule is C=C/C=C\CC.CC.CC1CN(Cc2ccccc2)CC(CCCCO)O1. The summed E-state index contributed by atoms with van der Waals surface area (Å²) in [7, 11) is 0. The van der Waals surface area contributed by atoms with E-state index in [9.17, 15) is 0 Å². The minimum absolute atomic E-state index is 0.288. The average Bonchev–Trinajstić information content (AvgIpc) is 2.69. The van der Waals surface area contributed by atoms with Crippen molar-refractivity contribution in [3.8, 4) is 0 Å². The van der Waals surface area contributed by atoms with Crippen molar-refractivity contribution >= 4 is 0 Å². The highest BCUT2D eigenvalue weighted by atomic mass is 16.5. The predicted molar refractivity (Wildman–Crippen MR) is 118 cm³/mol. The molecule has 1 aromatic rings. The Morgan fingerprint density at radius 2 is 1.89 bits per heavy atom. The summed E-state index contributed by atoms with van der Waals surface area (Å²) in [6.07, 6.45) is 10.5. The molecular weight excluding hydrogens is 334 g/mol. The molecule has 1 aliphatic heterocycles. The Morgan fingerprint density at radius 1 is 1.19 bits per heavy atom. The first-order valence-electron chi connectivity index (χ1n) is 10.5. The lowest BCUT2D eigenvalue weighted by Gasteiger charge is -2.37. The molecule has 1 saturated heterocycles. The number of rotatable bonds is 8. The zero-order valence-corrected chi connectivity index (χ0v) is 17.9. The molecule has 1 aliphatic rings. The van der Waals surface area contributed by atoms with E-state index in [2.05, 4.69) is 61.7 Å². The largest absolute Gasteiger partial charge is 0.396 e. The first-order chi connectivity index (χ1) is 13.2. The van der Waals surface area contributed by atoms with Crippen LogP contribution in [0.3, 0.4) is 0 Å². The number of benzene rings is 1. The maximum absolute atomic E-state index is 8.84. The van der Waals surface area contributed by atoms with Crippen LogP contribution in [0.25, 0.3) is 0 Å². The van der Waals surface area contributed by atoms with Crippen LogP contribution in [-0.4, -0.2) is 41.9 Å². The highest BCUT2D eigenvalue weighted by molar-refractivity contribution is 5.14. The normalized spacial score (nSPS) is 19.6. The molecule has 3 nitrogen and oxygen atoms in total. The number of unbranched alkanes of at least 4 members (excludes halogenated alkanes) is 1. The molecule has 0 spiro atoms. The van der Waals surface area contributed by atoms with Gasteiger partial charge in [-0.15, -0.1) is 0 Å². The summed E-state index contributed by atoms with van der Waals surface area (Å²) < 4.78 is 5.98. The third-order valence-corrected chi connectivity index (χ3v) is 4.09. The zero-order valence-electron chi connectivity index (χ0n) is 17.9. The van der Waals surface area contributed by atoms with Crippen LogP contribution < -0.4 is 0 Å². The summed E-state index contributed by atoms with van der Waals surface area (Å²) in [5, 5.41) is 8.84. The molecule has 0 aromatic heterocycles. The third kappa shape index (κ3) is 13.4. The molecule has 2 unspecified atom stereocenters. The molecule has 2 rings (SSSR count). The molecule has 27 heavy (non-hydrogen) atoms. The van der Waals surface area contributed by atoms with Crippen LogP contribution in [0, 0.1) is 0 Å². The lowest BCUT2D eigenvalue weighted by molar-refractivity contribution is -0.0828. The van der Waals surface area contributed by atoms with E-state index in [1.54, 1.807) is 6.08 Å².